The zero-order valence-electron chi connectivity index (χ0n) is 17.5. The molecular weight excluding hydrogens is 430 g/mol. The zero-order valence-corrected chi connectivity index (χ0v) is 19.2. The molecule has 0 radical (unpaired) electrons. The van der Waals surface area contributed by atoms with E-state index in [1.165, 1.54) is 29.7 Å². The summed E-state index contributed by atoms with van der Waals surface area (Å²) in [5, 5.41) is 3.77. The first-order valence-corrected chi connectivity index (χ1v) is 13.1. The highest BCUT2D eigenvalue weighted by molar-refractivity contribution is 7.98. The van der Waals surface area contributed by atoms with E-state index in [0.717, 1.165) is 54.0 Å². The van der Waals surface area contributed by atoms with Gasteiger partial charge in [0.15, 0.2) is 0 Å². The summed E-state index contributed by atoms with van der Waals surface area (Å²) in [5.74, 6) is 3.16. The Kier molecular flexibility index (Phi) is 6.13. The number of fused-ring (bicyclic) bond motifs is 4. The molecular formula is C22H27N5O2S2. The maximum absolute atomic E-state index is 12.6. The van der Waals surface area contributed by atoms with Crippen molar-refractivity contribution in [2.75, 3.05) is 5.75 Å². The number of aryl methyl sites for hydroxylation is 4. The first-order chi connectivity index (χ1) is 15.2. The van der Waals surface area contributed by atoms with Crippen LogP contribution in [0.15, 0.2) is 11.0 Å². The maximum atomic E-state index is 12.6. The van der Waals surface area contributed by atoms with Gasteiger partial charge in [-0.3, -0.25) is 9.59 Å². The lowest BCUT2D eigenvalue weighted by atomic mass is 9.97. The summed E-state index contributed by atoms with van der Waals surface area (Å²) < 4.78 is 2.20. The number of thioether (sulfide) groups is 1. The molecule has 1 aliphatic carbocycles. The number of H-pyrrole nitrogens is 1. The molecule has 0 fully saturated rings. The number of thiophene rings is 1. The minimum atomic E-state index is -0.0134. The Hall–Kier alpha value is -2.13. The topological polar surface area (TPSA) is 92.7 Å². The molecule has 3 aromatic rings. The van der Waals surface area contributed by atoms with E-state index in [-0.39, 0.29) is 11.5 Å². The van der Waals surface area contributed by atoms with E-state index >= 15 is 0 Å². The van der Waals surface area contributed by atoms with Gasteiger partial charge in [0.1, 0.15) is 16.5 Å². The molecule has 5 rings (SSSR count). The molecule has 3 aromatic heterocycles. The smallest absolute Gasteiger partial charge is 0.259 e. The van der Waals surface area contributed by atoms with Gasteiger partial charge in [-0.25, -0.2) is 9.97 Å². The lowest BCUT2D eigenvalue weighted by Gasteiger charge is -2.11. The number of hydrogen-bond acceptors (Lipinski definition) is 6. The molecule has 9 heteroatoms. The molecule has 2 N–H and O–H groups in total. The number of aromatic nitrogens is 4. The molecule has 31 heavy (non-hydrogen) atoms. The van der Waals surface area contributed by atoms with Gasteiger partial charge in [-0.1, -0.05) is 0 Å². The van der Waals surface area contributed by atoms with Crippen LogP contribution in [0.5, 0.6) is 0 Å². The van der Waals surface area contributed by atoms with Crippen LogP contribution >= 0.6 is 23.1 Å². The summed E-state index contributed by atoms with van der Waals surface area (Å²) in [7, 11) is 0. The third-order valence-corrected chi connectivity index (χ3v) is 8.17. The predicted molar refractivity (Wildman–Crippen MR) is 125 cm³/mol. The number of nitrogens with one attached hydrogen (secondary N) is 2. The second kappa shape index (κ2) is 9.16. The quantitative estimate of drug-likeness (QED) is 0.531. The Morgan fingerprint density at radius 1 is 1.19 bits per heavy atom. The van der Waals surface area contributed by atoms with Crippen LogP contribution in [0.3, 0.4) is 0 Å². The van der Waals surface area contributed by atoms with Crippen LogP contribution < -0.4 is 10.9 Å². The van der Waals surface area contributed by atoms with Crippen LogP contribution in [0, 0.1) is 0 Å². The fourth-order valence-corrected chi connectivity index (χ4v) is 6.53. The molecule has 0 bridgehead atoms. The number of rotatable bonds is 7. The Bertz CT molecular complexity index is 1140. The number of carbonyl (C=O) groups is 1. The molecule has 0 saturated carbocycles. The second-order valence-electron chi connectivity index (χ2n) is 8.28. The monoisotopic (exact) mass is 457 g/mol. The van der Waals surface area contributed by atoms with Gasteiger partial charge in [0.05, 0.1) is 23.4 Å². The SMILES string of the molecule is O=C(CCSCc1nc2sc3c(c2c(=O)[nH]1)CCCC3)NCc1cn2c(n1)CCCC2. The van der Waals surface area contributed by atoms with E-state index in [0.29, 0.717) is 30.3 Å². The normalized spacial score (nSPS) is 15.6. The highest BCUT2D eigenvalue weighted by atomic mass is 32.2. The van der Waals surface area contributed by atoms with Crippen LogP contribution in [0.25, 0.3) is 10.2 Å². The highest BCUT2D eigenvalue weighted by Crippen LogP contribution is 2.33. The molecule has 0 atom stereocenters. The standard InChI is InChI=1S/C22H27N5O2S2/c28-19(23-11-14-12-27-9-4-3-7-18(27)24-14)8-10-30-13-17-25-21(29)20-15-5-1-2-6-16(15)31-22(20)26-17/h12H,1-11,13H2,(H,23,28)(H,25,26,29). The lowest BCUT2D eigenvalue weighted by molar-refractivity contribution is -0.120. The van der Waals surface area contributed by atoms with E-state index in [4.69, 9.17) is 4.98 Å². The summed E-state index contributed by atoms with van der Waals surface area (Å²) in [6, 6.07) is 0. The van der Waals surface area contributed by atoms with E-state index in [9.17, 15) is 9.59 Å². The van der Waals surface area contributed by atoms with Gasteiger partial charge in [-0.15, -0.1) is 11.3 Å². The van der Waals surface area contributed by atoms with Gasteiger partial charge >= 0.3 is 0 Å². The van der Waals surface area contributed by atoms with Crippen LogP contribution in [0.1, 0.15) is 59.9 Å². The van der Waals surface area contributed by atoms with Crippen molar-refractivity contribution in [1.29, 1.82) is 0 Å². The van der Waals surface area contributed by atoms with Crippen molar-refractivity contribution in [1.82, 2.24) is 24.8 Å². The van der Waals surface area contributed by atoms with Crippen molar-refractivity contribution in [3.8, 4) is 0 Å². The Balaban J connectivity index is 1.10. The summed E-state index contributed by atoms with van der Waals surface area (Å²) in [4.78, 5) is 39.2. The average Bonchev–Trinajstić information content (AvgIpc) is 3.36. The van der Waals surface area contributed by atoms with Gasteiger partial charge in [0.25, 0.3) is 5.56 Å². The Morgan fingerprint density at radius 2 is 2.06 bits per heavy atom. The first kappa shape index (κ1) is 20.8. The molecule has 4 heterocycles. The summed E-state index contributed by atoms with van der Waals surface area (Å²) >= 11 is 3.30. The van der Waals surface area contributed by atoms with E-state index in [1.807, 2.05) is 0 Å². The number of carbonyl (C=O) groups excluding carboxylic acids is 1. The van der Waals surface area contributed by atoms with Gasteiger partial charge in [0.2, 0.25) is 5.91 Å². The molecule has 0 saturated heterocycles. The van der Waals surface area contributed by atoms with Gasteiger partial charge in [-0.2, -0.15) is 11.8 Å². The van der Waals surface area contributed by atoms with Crippen molar-refractivity contribution < 1.29 is 4.79 Å². The molecule has 0 spiro atoms. The summed E-state index contributed by atoms with van der Waals surface area (Å²) in [6.07, 6.45) is 10.3. The Labute approximate surface area is 189 Å². The largest absolute Gasteiger partial charge is 0.350 e. The number of imidazole rings is 1. The van der Waals surface area contributed by atoms with E-state index in [2.05, 4.69) is 26.0 Å². The van der Waals surface area contributed by atoms with E-state index < -0.39 is 0 Å². The fourth-order valence-electron chi connectivity index (χ4n) is 4.44. The van der Waals surface area contributed by atoms with Crippen molar-refractivity contribution in [3.05, 3.63) is 44.3 Å². The third kappa shape index (κ3) is 4.57. The van der Waals surface area contributed by atoms with Crippen molar-refractivity contribution in [2.24, 2.45) is 0 Å². The number of aromatic amines is 1. The van der Waals surface area contributed by atoms with Crippen LogP contribution in [0.2, 0.25) is 0 Å². The van der Waals surface area contributed by atoms with Crippen molar-refractivity contribution in [3.63, 3.8) is 0 Å². The molecule has 0 aromatic carbocycles. The predicted octanol–water partition coefficient (Wildman–Crippen LogP) is 3.34. The van der Waals surface area contributed by atoms with Crippen molar-refractivity contribution >= 4 is 39.2 Å². The van der Waals surface area contributed by atoms with Crippen LogP contribution in [0.4, 0.5) is 0 Å². The van der Waals surface area contributed by atoms with E-state index in [1.54, 1.807) is 23.1 Å². The molecule has 1 aliphatic heterocycles. The Morgan fingerprint density at radius 3 is 2.97 bits per heavy atom. The number of nitrogens with zero attached hydrogens (tertiary/aromatic N) is 3. The molecule has 164 valence electrons. The number of amides is 1. The highest BCUT2D eigenvalue weighted by Gasteiger charge is 2.19. The zero-order chi connectivity index (χ0) is 21.2. The second-order valence-corrected chi connectivity index (χ2v) is 10.5. The van der Waals surface area contributed by atoms with Crippen molar-refractivity contribution in [2.45, 2.75) is 70.2 Å². The summed E-state index contributed by atoms with van der Waals surface area (Å²) in [5.41, 5.74) is 2.14. The minimum Gasteiger partial charge on any atom is -0.350 e. The lowest BCUT2D eigenvalue weighted by Crippen LogP contribution is -2.23. The molecule has 2 aliphatic rings. The number of hydrogen-bond donors (Lipinski definition) is 2. The fraction of sp³-hybridized carbons (Fsp3) is 0.545. The molecule has 1 amide bonds. The molecule has 0 unspecified atom stereocenters. The van der Waals surface area contributed by atoms with Gasteiger partial charge in [0, 0.05) is 36.2 Å². The average molecular weight is 458 g/mol. The van der Waals surface area contributed by atoms with Crippen LogP contribution in [-0.4, -0.2) is 31.2 Å². The first-order valence-electron chi connectivity index (χ1n) is 11.1. The summed E-state index contributed by atoms with van der Waals surface area (Å²) in [6.45, 7) is 1.51. The van der Waals surface area contributed by atoms with Crippen LogP contribution in [-0.2, 0) is 42.9 Å². The maximum Gasteiger partial charge on any atom is 0.259 e. The van der Waals surface area contributed by atoms with Gasteiger partial charge < -0.3 is 14.9 Å². The third-order valence-electron chi connectivity index (χ3n) is 6.01. The van der Waals surface area contributed by atoms with Gasteiger partial charge in [-0.05, 0) is 44.1 Å². The molecule has 7 nitrogen and oxygen atoms in total. The minimum absolute atomic E-state index is 0.0134.